The number of amides is 1. The van der Waals surface area contributed by atoms with Crippen LogP contribution in [-0.4, -0.2) is 54.5 Å². The first-order valence-electron chi connectivity index (χ1n) is 15.7. The maximum absolute atomic E-state index is 13.2. The topological polar surface area (TPSA) is 161 Å². The smallest absolute Gasteiger partial charge is 0.338 e. The molecule has 46 heavy (non-hydrogen) atoms. The first-order chi connectivity index (χ1) is 21.9. The molecular formula is C36H41N5O5. The monoisotopic (exact) mass is 623 g/mol. The number of likely N-dealkylation sites (N-methyl/N-ethyl adjacent to an activating group) is 1. The molecule has 10 nitrogen and oxygen atoms in total. The summed E-state index contributed by atoms with van der Waals surface area (Å²) in [5, 5.41) is 22.9. The van der Waals surface area contributed by atoms with Gasteiger partial charge in [0.05, 0.1) is 29.1 Å². The van der Waals surface area contributed by atoms with Crippen LogP contribution in [0.1, 0.15) is 103 Å². The van der Waals surface area contributed by atoms with Gasteiger partial charge in [0.2, 0.25) is 5.91 Å². The van der Waals surface area contributed by atoms with Crippen molar-refractivity contribution in [2.75, 3.05) is 6.54 Å². The number of hydrogen-bond donors (Lipinski definition) is 5. The highest BCUT2D eigenvalue weighted by Crippen LogP contribution is 2.43. The van der Waals surface area contributed by atoms with Crippen molar-refractivity contribution in [3.05, 3.63) is 75.4 Å². The summed E-state index contributed by atoms with van der Waals surface area (Å²) < 4.78 is 0. The average Bonchev–Trinajstić information content (AvgIpc) is 3.68. The van der Waals surface area contributed by atoms with Crippen LogP contribution >= 0.6 is 0 Å². The van der Waals surface area contributed by atoms with Crippen molar-refractivity contribution in [2.24, 2.45) is 0 Å². The fraction of sp³-hybridized carbons (Fsp3) is 0.361. The summed E-state index contributed by atoms with van der Waals surface area (Å²) in [7, 11) is 0. The summed E-state index contributed by atoms with van der Waals surface area (Å²) in [6.45, 7) is 16.1. The number of hydrogen-bond acceptors (Lipinski definition) is 5. The van der Waals surface area contributed by atoms with E-state index in [0.29, 0.717) is 34.8 Å². The summed E-state index contributed by atoms with van der Waals surface area (Å²) in [4.78, 5) is 54.8. The fourth-order valence-corrected chi connectivity index (χ4v) is 6.80. The van der Waals surface area contributed by atoms with E-state index in [4.69, 9.17) is 9.97 Å². The number of aromatic amines is 2. The second-order valence-electron chi connectivity index (χ2n) is 12.0. The Morgan fingerprint density at radius 2 is 1.65 bits per heavy atom. The van der Waals surface area contributed by atoms with Crippen LogP contribution in [0.2, 0.25) is 0 Å². The van der Waals surface area contributed by atoms with E-state index in [0.717, 1.165) is 50.7 Å². The number of carboxylic acids is 2. The second kappa shape index (κ2) is 12.8. The molecule has 8 bridgehead atoms. The van der Waals surface area contributed by atoms with E-state index in [1.165, 1.54) is 0 Å². The van der Waals surface area contributed by atoms with Crippen LogP contribution < -0.4 is 5.32 Å². The number of carbonyl (C=O) groups excluding carboxylic acids is 1. The lowest BCUT2D eigenvalue weighted by Crippen LogP contribution is -2.26. The Morgan fingerprint density at radius 1 is 0.957 bits per heavy atom. The lowest BCUT2D eigenvalue weighted by atomic mass is 9.84. The molecule has 0 saturated heterocycles. The third-order valence-electron chi connectivity index (χ3n) is 9.33. The lowest BCUT2D eigenvalue weighted by Gasteiger charge is -2.18. The molecule has 2 aliphatic rings. The third-order valence-corrected chi connectivity index (χ3v) is 9.33. The Bertz CT molecular complexity index is 1980. The van der Waals surface area contributed by atoms with E-state index < -0.39 is 11.9 Å². The van der Waals surface area contributed by atoms with Gasteiger partial charge in [0, 0.05) is 63.7 Å². The summed E-state index contributed by atoms with van der Waals surface area (Å²) >= 11 is 0. The minimum Gasteiger partial charge on any atom is -0.481 e. The molecule has 2 aliphatic heterocycles. The lowest BCUT2D eigenvalue weighted by molar-refractivity contribution is -0.137. The molecule has 5 rings (SSSR count). The molecule has 2 unspecified atom stereocenters. The van der Waals surface area contributed by atoms with Crippen molar-refractivity contribution >= 4 is 57.1 Å². The Balaban J connectivity index is 2.02. The SMILES string of the molecule is C=Cc1c(C)c2cc3nc(c(CC(=O)NCC)c4nc(cc5[nH]c(cc1[nH]2)c(C)c5CC)C(C)=C4C(=O)O)C(CCC(=O)O)C3C. The zero-order chi connectivity index (χ0) is 33.4. The average molecular weight is 624 g/mol. The Hall–Kier alpha value is -4.99. The number of aliphatic carboxylic acids is 2. The molecule has 5 N–H and O–H groups in total. The number of carboxylic acid groups (broad SMARTS) is 2. The molecule has 1 amide bonds. The molecule has 240 valence electrons. The van der Waals surface area contributed by atoms with Gasteiger partial charge < -0.3 is 25.5 Å². The van der Waals surface area contributed by atoms with Crippen molar-refractivity contribution in [1.29, 1.82) is 0 Å². The van der Waals surface area contributed by atoms with Crippen LogP contribution in [0.25, 0.3) is 39.3 Å². The minimum absolute atomic E-state index is 0.00722. The number of nitrogens with one attached hydrogen (secondary N) is 3. The number of aromatic nitrogens is 4. The summed E-state index contributed by atoms with van der Waals surface area (Å²) in [5.74, 6) is -3.00. The van der Waals surface area contributed by atoms with E-state index >= 15 is 0 Å². The number of carbonyl (C=O) groups is 3. The molecule has 0 spiro atoms. The van der Waals surface area contributed by atoms with E-state index in [1.807, 2.05) is 39.0 Å². The largest absolute Gasteiger partial charge is 0.481 e. The predicted octanol–water partition coefficient (Wildman–Crippen LogP) is 6.58. The van der Waals surface area contributed by atoms with Gasteiger partial charge in [-0.25, -0.2) is 9.78 Å². The van der Waals surface area contributed by atoms with E-state index in [1.54, 1.807) is 6.92 Å². The van der Waals surface area contributed by atoms with Crippen LogP contribution in [0.4, 0.5) is 0 Å². The van der Waals surface area contributed by atoms with Gasteiger partial charge in [-0.2, -0.15) is 0 Å². The highest BCUT2D eigenvalue weighted by molar-refractivity contribution is 6.24. The quantitative estimate of drug-likeness (QED) is 0.180. The Labute approximate surface area is 267 Å². The molecule has 10 heteroatoms. The first-order valence-corrected chi connectivity index (χ1v) is 15.7. The number of rotatable bonds is 9. The van der Waals surface area contributed by atoms with Crippen LogP contribution in [0.15, 0.2) is 24.8 Å². The summed E-state index contributed by atoms with van der Waals surface area (Å²) in [5.41, 5.74) is 10.3. The number of fused-ring (bicyclic) bond motifs is 8. The van der Waals surface area contributed by atoms with Crippen molar-refractivity contribution in [2.45, 2.75) is 79.1 Å². The van der Waals surface area contributed by atoms with Crippen molar-refractivity contribution in [3.8, 4) is 0 Å². The molecule has 0 aliphatic carbocycles. The van der Waals surface area contributed by atoms with Crippen molar-refractivity contribution in [1.82, 2.24) is 25.3 Å². The summed E-state index contributed by atoms with van der Waals surface area (Å²) in [6.07, 6.45) is 2.57. The molecule has 0 aromatic carbocycles. The summed E-state index contributed by atoms with van der Waals surface area (Å²) in [6, 6.07) is 5.89. The normalized spacial score (nSPS) is 16.0. The maximum atomic E-state index is 13.2. The number of H-pyrrole nitrogens is 2. The molecule has 5 heterocycles. The molecule has 0 saturated carbocycles. The van der Waals surface area contributed by atoms with Gasteiger partial charge in [-0.1, -0.05) is 26.5 Å². The van der Waals surface area contributed by atoms with Crippen LogP contribution in [0.3, 0.4) is 0 Å². The first kappa shape index (κ1) is 32.4. The number of nitrogens with zero attached hydrogens (tertiary/aromatic N) is 2. The second-order valence-corrected chi connectivity index (χ2v) is 12.0. The fourth-order valence-electron chi connectivity index (χ4n) is 6.80. The molecule has 3 aromatic heterocycles. The van der Waals surface area contributed by atoms with Gasteiger partial charge >= 0.3 is 11.9 Å². The highest BCUT2D eigenvalue weighted by Gasteiger charge is 2.35. The van der Waals surface area contributed by atoms with E-state index in [9.17, 15) is 24.6 Å². The van der Waals surface area contributed by atoms with Crippen LogP contribution in [0, 0.1) is 13.8 Å². The third kappa shape index (κ3) is 5.75. The van der Waals surface area contributed by atoms with Crippen LogP contribution in [-0.2, 0) is 27.2 Å². The van der Waals surface area contributed by atoms with Gasteiger partial charge in [0.15, 0.2) is 0 Å². The number of allylic oxidation sites excluding steroid dienone is 1. The van der Waals surface area contributed by atoms with Gasteiger partial charge in [0.25, 0.3) is 0 Å². The number of aryl methyl sites for hydroxylation is 3. The molecule has 3 aromatic rings. The maximum Gasteiger partial charge on any atom is 0.338 e. The van der Waals surface area contributed by atoms with Crippen molar-refractivity contribution < 1.29 is 24.6 Å². The van der Waals surface area contributed by atoms with Gasteiger partial charge in [-0.3, -0.25) is 14.6 Å². The highest BCUT2D eigenvalue weighted by atomic mass is 16.4. The zero-order valence-corrected chi connectivity index (χ0v) is 27.2. The van der Waals surface area contributed by atoms with E-state index in [2.05, 4.69) is 41.8 Å². The molecular weight excluding hydrogens is 582 g/mol. The zero-order valence-electron chi connectivity index (χ0n) is 27.2. The Morgan fingerprint density at radius 3 is 2.28 bits per heavy atom. The Kier molecular flexibility index (Phi) is 9.01. The molecule has 0 fully saturated rings. The van der Waals surface area contributed by atoms with E-state index in [-0.39, 0.29) is 48.3 Å². The van der Waals surface area contributed by atoms with Gasteiger partial charge in [0.1, 0.15) is 0 Å². The molecule has 0 radical (unpaired) electrons. The van der Waals surface area contributed by atoms with Gasteiger partial charge in [-0.15, -0.1) is 0 Å². The molecule has 2 atom stereocenters. The van der Waals surface area contributed by atoms with Gasteiger partial charge in [-0.05, 0) is 81.0 Å². The van der Waals surface area contributed by atoms with Crippen LogP contribution in [0.5, 0.6) is 0 Å². The minimum atomic E-state index is -1.16. The van der Waals surface area contributed by atoms with Crippen molar-refractivity contribution in [3.63, 3.8) is 0 Å². The predicted molar refractivity (Wildman–Crippen MR) is 180 cm³/mol. The standard InChI is InChI=1S/C36H41N5O5/c1-8-21-17(4)25-14-27-19(6)23(11-12-32(43)44)34(40-27)24(13-31(42)37-10-3)35-33(36(45)46)20(7)28(41-35)16-30-22(9-2)18(5)26(39-30)15-29(21)38-25/h8,14-16,19,23,38-39H,1,9-13H2,2-7H3,(H,37,42)(H,43,44)(H,45,46).